The van der Waals surface area contributed by atoms with E-state index >= 15 is 0 Å². The van der Waals surface area contributed by atoms with Crippen molar-refractivity contribution < 1.29 is 70.1 Å². The largest absolute Gasteiger partial charge is 2.00 e. The van der Waals surface area contributed by atoms with Crippen LogP contribution >= 0.6 is 0 Å². The number of ether oxygens (including phenoxy) is 2. The van der Waals surface area contributed by atoms with Crippen LogP contribution < -0.4 is 43.4 Å². The molecule has 10 nitrogen and oxygen atoms in total. The second-order valence-electron chi connectivity index (χ2n) is 7.90. The van der Waals surface area contributed by atoms with Crippen LogP contribution in [0.2, 0.25) is 0 Å². The minimum absolute atomic E-state index is 0. The van der Waals surface area contributed by atoms with Gasteiger partial charge in [-0.2, -0.15) is 0 Å². The third-order valence-electron chi connectivity index (χ3n) is 3.75. The molecule has 1 radical (unpaired) electrons. The topological polar surface area (TPSA) is 91.3 Å². The average molecular weight is 670 g/mol. The third kappa shape index (κ3) is 15.1. The second-order valence-corrected chi connectivity index (χ2v) is 7.90. The van der Waals surface area contributed by atoms with Crippen molar-refractivity contribution in [1.82, 2.24) is 29.6 Å². The van der Waals surface area contributed by atoms with E-state index in [1.807, 2.05) is 38.0 Å². The number of rotatable bonds is 6. The molecule has 0 aromatic carbocycles. The van der Waals surface area contributed by atoms with Crippen molar-refractivity contribution in [2.45, 2.75) is 13.1 Å². The standard InChI is InChI=1S/2C11H17N3O2.2BrH.Cu/c2*1-13(2)8-9-10(6-5-7-12-9)16-11(15)14(3)4;;;/h2*5-7H,8H2,1-4H3;2*1H;/q;;;;+2/p-2. The van der Waals surface area contributed by atoms with Gasteiger partial charge < -0.3 is 63.0 Å². The summed E-state index contributed by atoms with van der Waals surface area (Å²) in [5.41, 5.74) is 1.50. The van der Waals surface area contributed by atoms with Crippen molar-refractivity contribution in [3.63, 3.8) is 0 Å². The summed E-state index contributed by atoms with van der Waals surface area (Å²) >= 11 is 0. The summed E-state index contributed by atoms with van der Waals surface area (Å²) in [6, 6.07) is 6.98. The summed E-state index contributed by atoms with van der Waals surface area (Å²) in [5, 5.41) is 0. The quantitative estimate of drug-likeness (QED) is 0.292. The van der Waals surface area contributed by atoms with Crippen molar-refractivity contribution in [2.75, 3.05) is 56.4 Å². The monoisotopic (exact) mass is 667 g/mol. The fourth-order valence-corrected chi connectivity index (χ4v) is 2.24. The Bertz CT molecular complexity index is 817. The smallest absolute Gasteiger partial charge is 1.00 e. The average Bonchev–Trinajstić information content (AvgIpc) is 2.70. The van der Waals surface area contributed by atoms with Crippen LogP contribution in [0, 0.1) is 0 Å². The molecular weight excluding hydrogens is 636 g/mol. The summed E-state index contributed by atoms with van der Waals surface area (Å²) in [5.74, 6) is 1.02. The van der Waals surface area contributed by atoms with Crippen LogP contribution in [0.4, 0.5) is 9.59 Å². The molecule has 0 spiro atoms. The molecule has 13 heteroatoms. The molecule has 0 saturated carbocycles. The van der Waals surface area contributed by atoms with Crippen molar-refractivity contribution in [3.8, 4) is 11.5 Å². The first-order chi connectivity index (χ1) is 15.0. The van der Waals surface area contributed by atoms with Crippen molar-refractivity contribution in [1.29, 1.82) is 0 Å². The Hall–Kier alpha value is -1.76. The van der Waals surface area contributed by atoms with Crippen molar-refractivity contribution >= 4 is 12.2 Å². The Morgan fingerprint density at radius 2 is 1.00 bits per heavy atom. The molecule has 0 aliphatic rings. The maximum Gasteiger partial charge on any atom is 2.00 e. The van der Waals surface area contributed by atoms with Gasteiger partial charge in [0.15, 0.2) is 11.5 Å². The number of aromatic nitrogens is 2. The van der Waals surface area contributed by atoms with Crippen LogP contribution in [0.5, 0.6) is 11.5 Å². The Kier molecular flexibility index (Phi) is 21.0. The number of carbonyl (C=O) groups is 2. The molecular formula is C22H34Br2CuN6O4. The van der Waals surface area contributed by atoms with Gasteiger partial charge in [-0.1, -0.05) is 0 Å². The van der Waals surface area contributed by atoms with E-state index in [4.69, 9.17) is 9.47 Å². The molecule has 0 aliphatic heterocycles. The molecule has 0 saturated heterocycles. The summed E-state index contributed by atoms with van der Waals surface area (Å²) in [4.78, 5) is 37.9. The molecule has 0 aliphatic carbocycles. The predicted molar refractivity (Wildman–Crippen MR) is 123 cm³/mol. The van der Waals surface area contributed by atoms with Crippen molar-refractivity contribution in [3.05, 3.63) is 48.0 Å². The van der Waals surface area contributed by atoms with Crippen LogP contribution in [-0.4, -0.2) is 98.1 Å². The van der Waals surface area contributed by atoms with Gasteiger partial charge in [-0.3, -0.25) is 9.97 Å². The Morgan fingerprint density at radius 3 is 1.26 bits per heavy atom. The molecule has 0 N–H and O–H groups in total. The van der Waals surface area contributed by atoms with Crippen LogP contribution in [-0.2, 0) is 30.2 Å². The zero-order chi connectivity index (χ0) is 24.3. The zero-order valence-corrected chi connectivity index (χ0v) is 25.4. The molecule has 2 aromatic heterocycles. The Balaban J connectivity index is -0.000000539. The molecule has 2 heterocycles. The van der Waals surface area contributed by atoms with Crippen LogP contribution in [0.1, 0.15) is 11.4 Å². The second kappa shape index (κ2) is 19.4. The molecule has 0 fully saturated rings. The van der Waals surface area contributed by atoms with E-state index in [1.165, 1.54) is 9.80 Å². The Morgan fingerprint density at radius 1 is 0.686 bits per heavy atom. The third-order valence-corrected chi connectivity index (χ3v) is 3.75. The number of pyridine rings is 2. The van der Waals surface area contributed by atoms with E-state index in [2.05, 4.69) is 9.97 Å². The first kappa shape index (κ1) is 37.8. The number of amides is 2. The number of halogens is 2. The summed E-state index contributed by atoms with van der Waals surface area (Å²) in [7, 11) is 14.3. The Labute approximate surface area is 240 Å². The molecule has 0 bridgehead atoms. The van der Waals surface area contributed by atoms with E-state index in [1.54, 1.807) is 64.8 Å². The summed E-state index contributed by atoms with van der Waals surface area (Å²) in [6.45, 7) is 1.27. The fraction of sp³-hybridized carbons (Fsp3) is 0.455. The maximum absolute atomic E-state index is 11.4. The first-order valence-electron chi connectivity index (χ1n) is 9.96. The van der Waals surface area contributed by atoms with Gasteiger partial charge in [0.1, 0.15) is 0 Å². The van der Waals surface area contributed by atoms with E-state index in [9.17, 15) is 9.59 Å². The van der Waals surface area contributed by atoms with E-state index in [-0.39, 0.29) is 51.0 Å². The molecule has 0 unspecified atom stereocenters. The van der Waals surface area contributed by atoms with Gasteiger partial charge in [0.05, 0.1) is 11.4 Å². The number of nitrogens with zero attached hydrogens (tertiary/aromatic N) is 6. The normalized spacial score (nSPS) is 9.43. The molecule has 201 valence electrons. The molecule has 0 atom stereocenters. The predicted octanol–water partition coefficient (Wildman–Crippen LogP) is -3.59. The van der Waals surface area contributed by atoms with E-state index in [0.29, 0.717) is 24.6 Å². The SMILES string of the molecule is CN(C)Cc1ncccc1OC(=O)N(C)C.CN(C)Cc1ncccc1OC(=O)N(C)C.[Br-].[Br-].[Cu+2]. The molecule has 35 heavy (non-hydrogen) atoms. The van der Waals surface area contributed by atoms with Gasteiger partial charge in [0, 0.05) is 53.7 Å². The number of carbonyl (C=O) groups excluding carboxylic acids is 2. The summed E-state index contributed by atoms with van der Waals surface area (Å²) < 4.78 is 10.4. The van der Waals surface area contributed by atoms with Crippen molar-refractivity contribution in [2.24, 2.45) is 0 Å². The molecule has 2 rings (SSSR count). The fourth-order valence-electron chi connectivity index (χ4n) is 2.24. The minimum atomic E-state index is -0.395. The van der Waals surface area contributed by atoms with E-state index < -0.39 is 12.2 Å². The van der Waals surface area contributed by atoms with E-state index in [0.717, 1.165) is 11.4 Å². The van der Waals surface area contributed by atoms with Gasteiger partial charge in [-0.15, -0.1) is 0 Å². The van der Waals surface area contributed by atoms with Gasteiger partial charge in [0.2, 0.25) is 0 Å². The van der Waals surface area contributed by atoms with Gasteiger partial charge >= 0.3 is 29.3 Å². The molecule has 2 amide bonds. The number of hydrogen-bond donors (Lipinski definition) is 0. The first-order valence-corrected chi connectivity index (χ1v) is 9.96. The zero-order valence-electron chi connectivity index (χ0n) is 21.3. The van der Waals surface area contributed by atoms with Gasteiger partial charge in [0.25, 0.3) is 0 Å². The van der Waals surface area contributed by atoms with Gasteiger partial charge in [-0.05, 0) is 52.5 Å². The summed E-state index contributed by atoms with van der Waals surface area (Å²) in [6.07, 6.45) is 2.58. The minimum Gasteiger partial charge on any atom is -1.00 e. The van der Waals surface area contributed by atoms with Gasteiger partial charge in [-0.25, -0.2) is 9.59 Å². The van der Waals surface area contributed by atoms with Crippen LogP contribution in [0.15, 0.2) is 36.7 Å². The number of hydrogen-bond acceptors (Lipinski definition) is 8. The molecule has 2 aromatic rings. The van der Waals surface area contributed by atoms with Crippen LogP contribution in [0.25, 0.3) is 0 Å². The maximum atomic E-state index is 11.4. The van der Waals surface area contributed by atoms with Crippen LogP contribution in [0.3, 0.4) is 0 Å².